The lowest BCUT2D eigenvalue weighted by atomic mass is 10.1. The van der Waals surface area contributed by atoms with E-state index in [9.17, 15) is 0 Å². The van der Waals surface area contributed by atoms with Crippen LogP contribution >= 0.6 is 12.6 Å². The van der Waals surface area contributed by atoms with Crippen molar-refractivity contribution in [2.75, 3.05) is 51.3 Å². The Balaban J connectivity index is 1.46. The van der Waals surface area contributed by atoms with E-state index >= 15 is 0 Å². The van der Waals surface area contributed by atoms with E-state index in [1.165, 1.54) is 11.3 Å². The maximum absolute atomic E-state index is 6.04. The van der Waals surface area contributed by atoms with Crippen molar-refractivity contribution in [2.45, 2.75) is 11.7 Å². The predicted molar refractivity (Wildman–Crippen MR) is 120 cm³/mol. The predicted octanol–water partition coefficient (Wildman–Crippen LogP) is 3.92. The van der Waals surface area contributed by atoms with E-state index in [0.717, 1.165) is 50.6 Å². The fourth-order valence-corrected chi connectivity index (χ4v) is 3.87. The minimum atomic E-state index is 0.176. The van der Waals surface area contributed by atoms with Crippen LogP contribution in [0.1, 0.15) is 5.56 Å². The molecule has 0 spiro atoms. The highest BCUT2D eigenvalue weighted by molar-refractivity contribution is 7.81. The maximum Gasteiger partial charge on any atom is 0.142 e. The summed E-state index contributed by atoms with van der Waals surface area (Å²) in [6.07, 6.45) is 2.72. The normalized spacial score (nSPS) is 15.9. The minimum absolute atomic E-state index is 0.176. The summed E-state index contributed by atoms with van der Waals surface area (Å²) in [6, 6.07) is 16.4. The Labute approximate surface area is 174 Å². The van der Waals surface area contributed by atoms with Crippen LogP contribution < -0.4 is 14.4 Å². The van der Waals surface area contributed by atoms with E-state index in [1.807, 2.05) is 36.4 Å². The average molecular weight is 399 g/mol. The molecule has 0 aliphatic carbocycles. The monoisotopic (exact) mass is 398 g/mol. The fraction of sp³-hybridized carbons (Fsp3) is 0.391. The minimum Gasteiger partial charge on any atom is -0.495 e. The van der Waals surface area contributed by atoms with Gasteiger partial charge in [-0.25, -0.2) is 0 Å². The van der Waals surface area contributed by atoms with Crippen LogP contribution in [-0.4, -0.2) is 56.6 Å². The number of benzene rings is 2. The Bertz CT molecular complexity index is 760. The second-order valence-corrected chi connectivity index (χ2v) is 7.76. The van der Waals surface area contributed by atoms with Crippen molar-refractivity contribution in [3.05, 3.63) is 66.7 Å². The Morgan fingerprint density at radius 1 is 1.04 bits per heavy atom. The molecule has 1 saturated heterocycles. The third kappa shape index (κ3) is 5.46. The van der Waals surface area contributed by atoms with Crippen LogP contribution in [0.15, 0.2) is 61.2 Å². The third-order valence-corrected chi connectivity index (χ3v) is 5.35. The van der Waals surface area contributed by atoms with Crippen molar-refractivity contribution in [2.24, 2.45) is 0 Å². The Hall–Kier alpha value is -2.11. The molecule has 150 valence electrons. The number of ether oxygens (including phenoxy) is 2. The molecule has 0 radical (unpaired) electrons. The third-order valence-electron chi connectivity index (χ3n) is 5.04. The molecule has 0 aromatic heterocycles. The number of hydrogen-bond acceptors (Lipinski definition) is 5. The van der Waals surface area contributed by atoms with Crippen LogP contribution in [0.5, 0.6) is 11.5 Å². The first kappa shape index (κ1) is 20.6. The topological polar surface area (TPSA) is 24.9 Å². The zero-order chi connectivity index (χ0) is 19.8. The number of para-hydroxylation sites is 3. The van der Waals surface area contributed by atoms with Crippen molar-refractivity contribution < 1.29 is 9.47 Å². The van der Waals surface area contributed by atoms with E-state index in [2.05, 4.69) is 34.6 Å². The summed E-state index contributed by atoms with van der Waals surface area (Å²) < 4.78 is 11.5. The van der Waals surface area contributed by atoms with Crippen LogP contribution in [0.3, 0.4) is 0 Å². The zero-order valence-electron chi connectivity index (χ0n) is 16.6. The molecule has 4 nitrogen and oxygen atoms in total. The van der Waals surface area contributed by atoms with E-state index in [-0.39, 0.29) is 5.25 Å². The maximum atomic E-state index is 6.04. The van der Waals surface area contributed by atoms with Crippen LogP contribution in [0, 0.1) is 0 Å². The molecule has 5 heteroatoms. The van der Waals surface area contributed by atoms with Gasteiger partial charge in [0.25, 0.3) is 0 Å². The van der Waals surface area contributed by atoms with Gasteiger partial charge >= 0.3 is 0 Å². The Kier molecular flexibility index (Phi) is 7.69. The molecule has 2 aromatic rings. The zero-order valence-corrected chi connectivity index (χ0v) is 17.5. The van der Waals surface area contributed by atoms with Crippen LogP contribution in [0.2, 0.25) is 0 Å². The van der Waals surface area contributed by atoms with Gasteiger partial charge in [0, 0.05) is 38.0 Å². The van der Waals surface area contributed by atoms with Gasteiger partial charge in [-0.05, 0) is 30.2 Å². The van der Waals surface area contributed by atoms with Gasteiger partial charge in [0.2, 0.25) is 0 Å². The number of methoxy groups -OCH3 is 1. The quantitative estimate of drug-likeness (QED) is 0.511. The van der Waals surface area contributed by atoms with E-state index in [4.69, 9.17) is 22.1 Å². The molecule has 28 heavy (non-hydrogen) atoms. The Morgan fingerprint density at radius 3 is 2.43 bits per heavy atom. The molecular weight excluding hydrogens is 368 g/mol. The largest absolute Gasteiger partial charge is 0.495 e. The molecule has 1 unspecified atom stereocenters. The van der Waals surface area contributed by atoms with E-state index < -0.39 is 0 Å². The van der Waals surface area contributed by atoms with Crippen molar-refractivity contribution in [3.63, 3.8) is 0 Å². The number of piperazine rings is 1. The average Bonchev–Trinajstić information content (AvgIpc) is 2.74. The van der Waals surface area contributed by atoms with Crippen molar-refractivity contribution in [1.29, 1.82) is 0 Å². The smallest absolute Gasteiger partial charge is 0.142 e. The molecule has 0 N–H and O–H groups in total. The molecule has 1 aliphatic rings. The second kappa shape index (κ2) is 10.4. The molecule has 1 atom stereocenters. The van der Waals surface area contributed by atoms with Gasteiger partial charge in [-0.3, -0.25) is 4.90 Å². The summed E-state index contributed by atoms with van der Waals surface area (Å²) in [5, 5.41) is 0.176. The highest BCUT2D eigenvalue weighted by atomic mass is 32.1. The lowest BCUT2D eigenvalue weighted by molar-refractivity contribution is 0.229. The summed E-state index contributed by atoms with van der Waals surface area (Å²) in [7, 11) is 1.73. The Morgan fingerprint density at radius 2 is 1.71 bits per heavy atom. The number of thiol groups is 1. The fourth-order valence-electron chi connectivity index (χ4n) is 3.57. The standard InChI is InChI=1S/C23H30N2O2S/c1-3-8-19-9-4-6-11-22(19)27-18-20(28)17-24-13-15-25(16-14-24)21-10-5-7-12-23(21)26-2/h3-7,9-12,20,28H,1,8,13-18H2,2H3. The molecule has 0 saturated carbocycles. The molecule has 1 aliphatic heterocycles. The highest BCUT2D eigenvalue weighted by Crippen LogP contribution is 2.28. The molecule has 1 heterocycles. The van der Waals surface area contributed by atoms with E-state index in [0.29, 0.717) is 6.61 Å². The van der Waals surface area contributed by atoms with Gasteiger partial charge in [0.1, 0.15) is 18.1 Å². The van der Waals surface area contributed by atoms with E-state index in [1.54, 1.807) is 7.11 Å². The number of hydrogen-bond donors (Lipinski definition) is 1. The summed E-state index contributed by atoms with van der Waals surface area (Å²) in [5.74, 6) is 1.87. The number of allylic oxidation sites excluding steroid dienone is 1. The molecule has 3 rings (SSSR count). The first-order valence-corrected chi connectivity index (χ1v) is 10.3. The first-order chi connectivity index (χ1) is 13.7. The van der Waals surface area contributed by atoms with Gasteiger partial charge in [-0.1, -0.05) is 36.4 Å². The number of nitrogens with zero attached hydrogens (tertiary/aromatic N) is 2. The van der Waals surface area contributed by atoms with Gasteiger partial charge in [0.15, 0.2) is 0 Å². The number of anilines is 1. The highest BCUT2D eigenvalue weighted by Gasteiger charge is 2.21. The molecule has 2 aromatic carbocycles. The van der Waals surface area contributed by atoms with Crippen molar-refractivity contribution in [3.8, 4) is 11.5 Å². The van der Waals surface area contributed by atoms with Gasteiger partial charge < -0.3 is 14.4 Å². The summed E-state index contributed by atoms with van der Waals surface area (Å²) in [5.41, 5.74) is 2.35. The lowest BCUT2D eigenvalue weighted by Crippen LogP contribution is -2.48. The molecule has 0 amide bonds. The van der Waals surface area contributed by atoms with Gasteiger partial charge in [-0.2, -0.15) is 12.6 Å². The summed E-state index contributed by atoms with van der Waals surface area (Å²) in [4.78, 5) is 4.85. The van der Waals surface area contributed by atoms with Crippen LogP contribution in [-0.2, 0) is 6.42 Å². The van der Waals surface area contributed by atoms with Crippen LogP contribution in [0.4, 0.5) is 5.69 Å². The summed E-state index contributed by atoms with van der Waals surface area (Å²) in [6.45, 7) is 9.36. The first-order valence-electron chi connectivity index (χ1n) is 9.81. The van der Waals surface area contributed by atoms with Crippen molar-refractivity contribution >= 4 is 18.3 Å². The number of rotatable bonds is 9. The van der Waals surface area contributed by atoms with Crippen molar-refractivity contribution in [1.82, 2.24) is 4.90 Å². The molecule has 1 fully saturated rings. The lowest BCUT2D eigenvalue weighted by Gasteiger charge is -2.37. The van der Waals surface area contributed by atoms with Gasteiger partial charge in [-0.15, -0.1) is 6.58 Å². The SMILES string of the molecule is C=CCc1ccccc1OCC(S)CN1CCN(c2ccccc2OC)CC1. The van der Waals surface area contributed by atoms with Gasteiger partial charge in [0.05, 0.1) is 12.8 Å². The van der Waals surface area contributed by atoms with Crippen LogP contribution in [0.25, 0.3) is 0 Å². The molecule has 0 bridgehead atoms. The molecular formula is C23H30N2O2S. The second-order valence-electron chi connectivity index (χ2n) is 7.02. The summed E-state index contributed by atoms with van der Waals surface area (Å²) >= 11 is 4.76.